The molecule has 1 aliphatic rings. The zero-order valence-corrected chi connectivity index (χ0v) is 8.78. The molecule has 0 aromatic heterocycles. The van der Waals surface area contributed by atoms with Gasteiger partial charge < -0.3 is 5.32 Å². The molecule has 0 spiro atoms. The zero-order valence-electron chi connectivity index (χ0n) is 8.78. The fourth-order valence-electron chi connectivity index (χ4n) is 2.04. The Bertz CT molecular complexity index is 210. The van der Waals surface area contributed by atoms with Crippen LogP contribution in [0.5, 0.6) is 0 Å². The van der Waals surface area contributed by atoms with Gasteiger partial charge in [-0.2, -0.15) is 0 Å². The molecule has 13 heavy (non-hydrogen) atoms. The summed E-state index contributed by atoms with van der Waals surface area (Å²) in [6, 6.07) is -0.0579. The van der Waals surface area contributed by atoms with Gasteiger partial charge in [0.1, 0.15) is 0 Å². The highest BCUT2D eigenvalue weighted by Gasteiger charge is 2.50. The van der Waals surface area contributed by atoms with Gasteiger partial charge in [0, 0.05) is 6.04 Å². The molecule has 0 aromatic rings. The van der Waals surface area contributed by atoms with Gasteiger partial charge in [-0.25, -0.2) is 4.79 Å². The first-order valence-electron chi connectivity index (χ1n) is 4.72. The Morgan fingerprint density at radius 3 is 2.15 bits per heavy atom. The second kappa shape index (κ2) is 2.96. The van der Waals surface area contributed by atoms with Gasteiger partial charge in [-0.15, -0.1) is 4.39 Å². The predicted octanol–water partition coefficient (Wildman–Crippen LogP) is 2.88. The van der Waals surface area contributed by atoms with Crippen molar-refractivity contribution < 1.29 is 9.18 Å². The lowest BCUT2D eigenvalue weighted by molar-refractivity contribution is 0.167. The number of halogens is 1. The van der Waals surface area contributed by atoms with Crippen molar-refractivity contribution in [2.24, 2.45) is 10.8 Å². The van der Waals surface area contributed by atoms with Crippen LogP contribution in [-0.4, -0.2) is 12.2 Å². The number of hydrogen-bond acceptors (Lipinski definition) is 1. The van der Waals surface area contributed by atoms with Crippen LogP contribution in [0.1, 0.15) is 40.5 Å². The highest BCUT2D eigenvalue weighted by Crippen LogP contribution is 2.52. The Balaban J connectivity index is 2.71. The quantitative estimate of drug-likeness (QED) is 0.522. The summed E-state index contributed by atoms with van der Waals surface area (Å²) in [5.41, 5.74) is 0.0347. The van der Waals surface area contributed by atoms with E-state index in [1.165, 1.54) is 0 Å². The molecule has 0 bridgehead atoms. The lowest BCUT2D eigenvalue weighted by atomic mass is 9.78. The molecule has 1 saturated carbocycles. The largest absolute Gasteiger partial charge is 0.397 e. The Morgan fingerprint density at radius 2 is 1.92 bits per heavy atom. The van der Waals surface area contributed by atoms with Crippen molar-refractivity contribution in [2.45, 2.75) is 46.6 Å². The summed E-state index contributed by atoms with van der Waals surface area (Å²) in [7, 11) is 0. The second-order valence-electron chi connectivity index (χ2n) is 5.37. The summed E-state index contributed by atoms with van der Waals surface area (Å²) in [5, 5.41) is 2.42. The van der Waals surface area contributed by atoms with Gasteiger partial charge >= 0.3 is 6.16 Å². The Labute approximate surface area is 78.9 Å². The molecule has 1 fully saturated rings. The Hall–Kier alpha value is -0.600. The van der Waals surface area contributed by atoms with E-state index in [1.807, 2.05) is 20.8 Å². The fourth-order valence-corrected chi connectivity index (χ4v) is 2.04. The van der Waals surface area contributed by atoms with Crippen LogP contribution in [0, 0.1) is 10.8 Å². The molecule has 1 rings (SSSR count). The molecule has 0 heterocycles. The van der Waals surface area contributed by atoms with Gasteiger partial charge in [-0.1, -0.05) is 27.7 Å². The highest BCUT2D eigenvalue weighted by molar-refractivity contribution is 5.66. The standard InChI is InChI=1S/C10H18FNO/c1-9(2,3)7(12-8(11)13)10(4)5-6-10/h7H,5-6H2,1-4H3,(H,12,13). The zero-order chi connectivity index (χ0) is 10.3. The molecule has 1 unspecified atom stereocenters. The first kappa shape index (κ1) is 10.5. The van der Waals surface area contributed by atoms with E-state index < -0.39 is 6.16 Å². The van der Waals surface area contributed by atoms with Gasteiger partial charge in [0.25, 0.3) is 0 Å². The van der Waals surface area contributed by atoms with E-state index in [9.17, 15) is 9.18 Å². The number of carbonyl (C=O) groups excluding carboxylic acids is 1. The fraction of sp³-hybridized carbons (Fsp3) is 0.900. The van der Waals surface area contributed by atoms with E-state index in [2.05, 4.69) is 12.2 Å². The van der Waals surface area contributed by atoms with E-state index in [1.54, 1.807) is 0 Å². The summed E-state index contributed by atoms with van der Waals surface area (Å²) in [6.45, 7) is 8.17. The van der Waals surface area contributed by atoms with E-state index in [0.717, 1.165) is 12.8 Å². The van der Waals surface area contributed by atoms with Crippen molar-refractivity contribution in [1.29, 1.82) is 0 Å². The first-order chi connectivity index (χ1) is 5.76. The van der Waals surface area contributed by atoms with E-state index in [4.69, 9.17) is 0 Å². The smallest absolute Gasteiger partial charge is 0.324 e. The minimum absolute atomic E-state index is 0.0579. The molecule has 1 aliphatic carbocycles. The number of carbonyl (C=O) groups is 1. The third kappa shape index (κ3) is 2.42. The number of hydrogen-bond donors (Lipinski definition) is 1. The highest BCUT2D eigenvalue weighted by atomic mass is 19.1. The minimum atomic E-state index is -1.41. The normalized spacial score (nSPS) is 22.2. The van der Waals surface area contributed by atoms with Crippen molar-refractivity contribution in [3.8, 4) is 0 Å². The number of nitrogens with one attached hydrogen (secondary N) is 1. The van der Waals surface area contributed by atoms with Crippen molar-refractivity contribution in [2.75, 3.05) is 0 Å². The molecule has 1 N–H and O–H groups in total. The molecule has 0 radical (unpaired) electrons. The summed E-state index contributed by atoms with van der Waals surface area (Å²) < 4.78 is 12.3. The Kier molecular flexibility index (Phi) is 2.39. The van der Waals surface area contributed by atoms with E-state index >= 15 is 0 Å². The average Bonchev–Trinajstić information content (AvgIpc) is 2.61. The lowest BCUT2D eigenvalue weighted by Gasteiger charge is -2.35. The van der Waals surface area contributed by atoms with Crippen LogP contribution < -0.4 is 5.32 Å². The van der Waals surface area contributed by atoms with Crippen LogP contribution in [0.15, 0.2) is 0 Å². The van der Waals surface area contributed by atoms with Crippen molar-refractivity contribution in [1.82, 2.24) is 5.32 Å². The van der Waals surface area contributed by atoms with Crippen LogP contribution in [0.2, 0.25) is 0 Å². The van der Waals surface area contributed by atoms with Gasteiger partial charge in [0.15, 0.2) is 0 Å². The molecule has 2 nitrogen and oxygen atoms in total. The van der Waals surface area contributed by atoms with E-state index in [0.29, 0.717) is 0 Å². The molecular formula is C10H18FNO. The van der Waals surface area contributed by atoms with Gasteiger partial charge in [0.2, 0.25) is 0 Å². The molecule has 3 heteroatoms. The maximum Gasteiger partial charge on any atom is 0.397 e. The van der Waals surface area contributed by atoms with E-state index in [-0.39, 0.29) is 16.9 Å². The van der Waals surface area contributed by atoms with Gasteiger partial charge in [0.05, 0.1) is 0 Å². The topological polar surface area (TPSA) is 29.1 Å². The van der Waals surface area contributed by atoms with Crippen LogP contribution in [0.4, 0.5) is 9.18 Å². The summed E-state index contributed by atoms with van der Waals surface area (Å²) in [4.78, 5) is 10.4. The average molecular weight is 187 g/mol. The van der Waals surface area contributed by atoms with Gasteiger partial charge in [-0.05, 0) is 23.7 Å². The molecule has 1 amide bonds. The first-order valence-corrected chi connectivity index (χ1v) is 4.72. The predicted molar refractivity (Wildman–Crippen MR) is 50.2 cm³/mol. The summed E-state index contributed by atoms with van der Waals surface area (Å²) >= 11 is 0. The van der Waals surface area contributed by atoms with Crippen molar-refractivity contribution in [3.63, 3.8) is 0 Å². The summed E-state index contributed by atoms with van der Waals surface area (Å²) in [5.74, 6) is 0. The lowest BCUT2D eigenvalue weighted by Crippen LogP contribution is -2.47. The second-order valence-corrected chi connectivity index (χ2v) is 5.37. The molecule has 0 aliphatic heterocycles. The third-order valence-corrected chi connectivity index (χ3v) is 2.86. The molecule has 0 aromatic carbocycles. The van der Waals surface area contributed by atoms with Crippen LogP contribution in [-0.2, 0) is 0 Å². The summed E-state index contributed by atoms with van der Waals surface area (Å²) in [6.07, 6.45) is 0.748. The molecular weight excluding hydrogens is 169 g/mol. The molecule has 76 valence electrons. The van der Waals surface area contributed by atoms with Crippen LogP contribution >= 0.6 is 0 Å². The SMILES string of the molecule is CC(C)(C)C(NC(=O)F)C1(C)CC1. The maximum atomic E-state index is 12.3. The van der Waals surface area contributed by atoms with Crippen molar-refractivity contribution >= 4 is 6.16 Å². The van der Waals surface area contributed by atoms with Crippen LogP contribution in [0.3, 0.4) is 0 Å². The molecule has 1 atom stereocenters. The monoisotopic (exact) mass is 187 g/mol. The Morgan fingerprint density at radius 1 is 1.46 bits per heavy atom. The van der Waals surface area contributed by atoms with Crippen molar-refractivity contribution in [3.05, 3.63) is 0 Å². The maximum absolute atomic E-state index is 12.3. The number of rotatable bonds is 2. The molecule has 0 saturated heterocycles. The number of amides is 1. The minimum Gasteiger partial charge on any atom is -0.324 e. The van der Waals surface area contributed by atoms with Crippen LogP contribution in [0.25, 0.3) is 0 Å². The third-order valence-electron chi connectivity index (χ3n) is 2.86. The van der Waals surface area contributed by atoms with Gasteiger partial charge in [-0.3, -0.25) is 0 Å².